The van der Waals surface area contributed by atoms with E-state index in [1.54, 1.807) is 23.9 Å². The maximum absolute atomic E-state index is 12.0. The summed E-state index contributed by atoms with van der Waals surface area (Å²) < 4.78 is 35.9. The molecular formula is C12H15F3N2OS. The van der Waals surface area contributed by atoms with Gasteiger partial charge in [0.25, 0.3) is 0 Å². The summed E-state index contributed by atoms with van der Waals surface area (Å²) in [7, 11) is 0. The maximum Gasteiger partial charge on any atom is 0.405 e. The molecule has 1 amide bonds. The lowest BCUT2D eigenvalue weighted by Crippen LogP contribution is -2.42. The summed E-state index contributed by atoms with van der Waals surface area (Å²) in [5, 5.41) is 4.68. The minimum atomic E-state index is -4.39. The first-order valence-electron chi connectivity index (χ1n) is 5.57. The highest BCUT2D eigenvalue weighted by molar-refractivity contribution is 7.98. The zero-order valence-corrected chi connectivity index (χ0v) is 11.4. The molecule has 106 valence electrons. The number of carbonyl (C=O) groups is 1. The third kappa shape index (κ3) is 5.87. The Balaban J connectivity index is 2.49. The van der Waals surface area contributed by atoms with E-state index >= 15 is 0 Å². The van der Waals surface area contributed by atoms with Crippen LogP contribution in [-0.4, -0.2) is 30.9 Å². The Morgan fingerprint density at radius 1 is 1.32 bits per heavy atom. The van der Waals surface area contributed by atoms with Crippen molar-refractivity contribution < 1.29 is 18.0 Å². The van der Waals surface area contributed by atoms with Gasteiger partial charge < -0.3 is 10.6 Å². The van der Waals surface area contributed by atoms with Gasteiger partial charge in [-0.05, 0) is 37.4 Å². The topological polar surface area (TPSA) is 41.1 Å². The monoisotopic (exact) mass is 292 g/mol. The third-order valence-electron chi connectivity index (χ3n) is 2.33. The van der Waals surface area contributed by atoms with E-state index in [-0.39, 0.29) is 0 Å². The second-order valence-electron chi connectivity index (χ2n) is 3.93. The van der Waals surface area contributed by atoms with Gasteiger partial charge in [0.2, 0.25) is 5.91 Å². The predicted octanol–water partition coefficient (Wildman–Crippen LogP) is 2.89. The molecule has 1 aromatic carbocycles. The van der Waals surface area contributed by atoms with Crippen LogP contribution in [0.3, 0.4) is 0 Å². The van der Waals surface area contributed by atoms with Crippen molar-refractivity contribution >= 4 is 23.4 Å². The van der Waals surface area contributed by atoms with Crippen LogP contribution in [0.15, 0.2) is 29.2 Å². The lowest BCUT2D eigenvalue weighted by Gasteiger charge is -2.16. The number of nitrogens with one attached hydrogen (secondary N) is 2. The summed E-state index contributed by atoms with van der Waals surface area (Å²) in [5.74, 6) is -0.689. The molecule has 0 saturated heterocycles. The lowest BCUT2D eigenvalue weighted by molar-refractivity contribution is -0.138. The molecule has 0 saturated carbocycles. The zero-order chi connectivity index (χ0) is 14.5. The standard InChI is InChI=1S/C12H15F3N2OS/c1-8(11(18)16-7-12(13,14)15)17-9-3-5-10(19-2)6-4-9/h3-6,8,17H,7H2,1-2H3,(H,16,18). The number of thioether (sulfide) groups is 1. The summed E-state index contributed by atoms with van der Waals surface area (Å²) in [4.78, 5) is 12.5. The number of alkyl halides is 3. The minimum absolute atomic E-state index is 0.687. The van der Waals surface area contributed by atoms with Crippen LogP contribution >= 0.6 is 11.8 Å². The van der Waals surface area contributed by atoms with Gasteiger partial charge in [0.1, 0.15) is 12.6 Å². The number of halogens is 3. The number of anilines is 1. The SMILES string of the molecule is CSc1ccc(NC(C)C(=O)NCC(F)(F)F)cc1. The summed E-state index contributed by atoms with van der Waals surface area (Å²) in [5.41, 5.74) is 0.687. The van der Waals surface area contributed by atoms with Gasteiger partial charge in [-0.25, -0.2) is 0 Å². The van der Waals surface area contributed by atoms with E-state index in [9.17, 15) is 18.0 Å². The van der Waals surface area contributed by atoms with Crippen molar-refractivity contribution in [2.45, 2.75) is 24.0 Å². The Morgan fingerprint density at radius 3 is 2.37 bits per heavy atom. The highest BCUT2D eigenvalue weighted by Crippen LogP contribution is 2.18. The van der Waals surface area contributed by atoms with Gasteiger partial charge >= 0.3 is 6.18 Å². The van der Waals surface area contributed by atoms with Crippen LogP contribution in [0.4, 0.5) is 18.9 Å². The van der Waals surface area contributed by atoms with Crippen molar-refractivity contribution in [2.24, 2.45) is 0 Å². The minimum Gasteiger partial charge on any atom is -0.374 e. The summed E-state index contributed by atoms with van der Waals surface area (Å²) in [6, 6.07) is 6.56. The molecule has 0 fully saturated rings. The van der Waals surface area contributed by atoms with Crippen molar-refractivity contribution in [1.29, 1.82) is 0 Å². The fraction of sp³-hybridized carbons (Fsp3) is 0.417. The molecule has 0 spiro atoms. The maximum atomic E-state index is 12.0. The predicted molar refractivity (Wildman–Crippen MR) is 70.4 cm³/mol. The molecule has 7 heteroatoms. The van der Waals surface area contributed by atoms with E-state index in [2.05, 4.69) is 5.32 Å². The van der Waals surface area contributed by atoms with Crippen LogP contribution in [0.2, 0.25) is 0 Å². The average Bonchev–Trinajstić information content (AvgIpc) is 2.36. The Bertz CT molecular complexity index is 420. The second kappa shape index (κ2) is 6.70. The Kier molecular flexibility index (Phi) is 5.53. The summed E-state index contributed by atoms with van der Waals surface area (Å²) in [6.07, 6.45) is -2.45. The van der Waals surface area contributed by atoms with Crippen LogP contribution in [0.1, 0.15) is 6.92 Å². The molecule has 0 aliphatic carbocycles. The number of hydrogen-bond acceptors (Lipinski definition) is 3. The highest BCUT2D eigenvalue weighted by Gasteiger charge is 2.28. The largest absolute Gasteiger partial charge is 0.405 e. The van der Waals surface area contributed by atoms with Gasteiger partial charge in [0.15, 0.2) is 0 Å². The number of benzene rings is 1. The van der Waals surface area contributed by atoms with Gasteiger partial charge in [0.05, 0.1) is 0 Å². The van der Waals surface area contributed by atoms with E-state index in [1.165, 1.54) is 6.92 Å². The number of rotatable bonds is 5. The molecule has 19 heavy (non-hydrogen) atoms. The molecule has 0 aromatic heterocycles. The van der Waals surface area contributed by atoms with E-state index in [0.29, 0.717) is 5.69 Å². The van der Waals surface area contributed by atoms with E-state index < -0.39 is 24.7 Å². The summed E-state index contributed by atoms with van der Waals surface area (Å²) in [6.45, 7) is 0.192. The first-order chi connectivity index (χ1) is 8.81. The second-order valence-corrected chi connectivity index (χ2v) is 4.81. The number of carbonyl (C=O) groups excluding carboxylic acids is 1. The zero-order valence-electron chi connectivity index (χ0n) is 10.5. The quantitative estimate of drug-likeness (QED) is 0.820. The van der Waals surface area contributed by atoms with Crippen LogP contribution in [0, 0.1) is 0 Å². The third-order valence-corrected chi connectivity index (χ3v) is 3.07. The molecule has 0 bridgehead atoms. The van der Waals surface area contributed by atoms with Gasteiger partial charge in [-0.15, -0.1) is 11.8 Å². The van der Waals surface area contributed by atoms with Gasteiger partial charge in [0, 0.05) is 10.6 Å². The Labute approximate surface area is 114 Å². The van der Waals surface area contributed by atoms with Gasteiger partial charge in [-0.3, -0.25) is 4.79 Å². The molecule has 1 atom stereocenters. The van der Waals surface area contributed by atoms with Crippen molar-refractivity contribution in [2.75, 3.05) is 18.1 Å². The highest BCUT2D eigenvalue weighted by atomic mass is 32.2. The molecule has 1 unspecified atom stereocenters. The van der Waals surface area contributed by atoms with E-state index in [4.69, 9.17) is 0 Å². The number of hydrogen-bond donors (Lipinski definition) is 2. The smallest absolute Gasteiger partial charge is 0.374 e. The van der Waals surface area contributed by atoms with E-state index in [0.717, 1.165) is 4.90 Å². The van der Waals surface area contributed by atoms with Crippen molar-refractivity contribution in [3.63, 3.8) is 0 Å². The van der Waals surface area contributed by atoms with Crippen molar-refractivity contribution in [3.05, 3.63) is 24.3 Å². The molecule has 1 aromatic rings. The molecule has 0 radical (unpaired) electrons. The van der Waals surface area contributed by atoms with Crippen LogP contribution in [0.5, 0.6) is 0 Å². The first-order valence-corrected chi connectivity index (χ1v) is 6.79. The van der Waals surface area contributed by atoms with Crippen molar-refractivity contribution in [1.82, 2.24) is 5.32 Å². The normalized spacial score (nSPS) is 12.9. The lowest BCUT2D eigenvalue weighted by atomic mass is 10.2. The molecule has 3 nitrogen and oxygen atoms in total. The average molecular weight is 292 g/mol. The summed E-state index contributed by atoms with van der Waals surface area (Å²) >= 11 is 1.58. The molecule has 0 aliphatic heterocycles. The van der Waals surface area contributed by atoms with Crippen molar-refractivity contribution in [3.8, 4) is 0 Å². The molecule has 2 N–H and O–H groups in total. The van der Waals surface area contributed by atoms with E-state index in [1.807, 2.05) is 23.7 Å². The molecular weight excluding hydrogens is 277 g/mol. The van der Waals surface area contributed by atoms with Crippen LogP contribution < -0.4 is 10.6 Å². The number of amides is 1. The van der Waals surface area contributed by atoms with Gasteiger partial charge in [-0.1, -0.05) is 0 Å². The van der Waals surface area contributed by atoms with Crippen LogP contribution in [-0.2, 0) is 4.79 Å². The Morgan fingerprint density at radius 2 is 1.89 bits per heavy atom. The molecule has 0 aliphatic rings. The van der Waals surface area contributed by atoms with Crippen LogP contribution in [0.25, 0.3) is 0 Å². The fourth-order valence-corrected chi connectivity index (χ4v) is 1.75. The van der Waals surface area contributed by atoms with Gasteiger partial charge in [-0.2, -0.15) is 13.2 Å². The first kappa shape index (κ1) is 15.7. The molecule has 0 heterocycles. The Hall–Kier alpha value is -1.37. The molecule has 1 rings (SSSR count). The fourth-order valence-electron chi connectivity index (χ4n) is 1.34.